The van der Waals surface area contributed by atoms with Gasteiger partial charge in [0.05, 0.1) is 22.3 Å². The van der Waals surface area contributed by atoms with Crippen molar-refractivity contribution in [3.05, 3.63) is 52.0 Å². The van der Waals surface area contributed by atoms with E-state index in [1.165, 1.54) is 6.92 Å². The minimum Gasteiger partial charge on any atom is -0.326 e. The molecule has 3 rings (SSSR count). The second kappa shape index (κ2) is 8.10. The summed E-state index contributed by atoms with van der Waals surface area (Å²) in [6, 6.07) is 12.2. The smallest absolute Gasteiger partial charge is 0.229 e. The van der Waals surface area contributed by atoms with Gasteiger partial charge >= 0.3 is 0 Å². The van der Waals surface area contributed by atoms with Gasteiger partial charge in [-0.25, -0.2) is 0 Å². The van der Waals surface area contributed by atoms with Crippen molar-refractivity contribution in [1.29, 1.82) is 0 Å². The maximum Gasteiger partial charge on any atom is 0.229 e. The Balaban J connectivity index is 1.70. The van der Waals surface area contributed by atoms with Gasteiger partial charge in [0, 0.05) is 30.0 Å². The zero-order valence-electron chi connectivity index (χ0n) is 14.5. The number of hydrogen-bond acceptors (Lipinski definition) is 3. The number of benzene rings is 2. The molecule has 0 spiro atoms. The molecule has 27 heavy (non-hydrogen) atoms. The lowest BCUT2D eigenvalue weighted by Gasteiger charge is -2.18. The predicted molar refractivity (Wildman–Crippen MR) is 109 cm³/mol. The third-order valence-electron chi connectivity index (χ3n) is 4.19. The minimum absolute atomic E-state index is 0.103. The number of hydrogen-bond donors (Lipinski definition) is 2. The van der Waals surface area contributed by atoms with E-state index in [9.17, 15) is 14.4 Å². The highest BCUT2D eigenvalue weighted by atomic mass is 79.9. The first-order chi connectivity index (χ1) is 12.8. The van der Waals surface area contributed by atoms with Gasteiger partial charge in [-0.2, -0.15) is 0 Å². The fraction of sp³-hybridized carbons (Fsp3) is 0.211. The number of nitrogens with one attached hydrogen (secondary N) is 2. The maximum absolute atomic E-state index is 12.6. The van der Waals surface area contributed by atoms with Crippen molar-refractivity contribution in [3.8, 4) is 0 Å². The van der Waals surface area contributed by atoms with Crippen LogP contribution in [0.5, 0.6) is 0 Å². The van der Waals surface area contributed by atoms with Crippen LogP contribution in [0.3, 0.4) is 0 Å². The van der Waals surface area contributed by atoms with E-state index >= 15 is 0 Å². The van der Waals surface area contributed by atoms with E-state index in [4.69, 9.17) is 11.6 Å². The molecule has 0 bridgehead atoms. The molecule has 140 valence electrons. The highest BCUT2D eigenvalue weighted by Gasteiger charge is 2.36. The van der Waals surface area contributed by atoms with E-state index in [1.807, 2.05) is 24.3 Å². The lowest BCUT2D eigenvalue weighted by atomic mass is 10.1. The van der Waals surface area contributed by atoms with Crippen LogP contribution in [0.2, 0.25) is 5.02 Å². The topological polar surface area (TPSA) is 78.5 Å². The van der Waals surface area contributed by atoms with Crippen molar-refractivity contribution in [2.45, 2.75) is 13.3 Å². The van der Waals surface area contributed by atoms with Crippen LogP contribution in [0.25, 0.3) is 0 Å². The van der Waals surface area contributed by atoms with Crippen LogP contribution < -0.4 is 15.5 Å². The molecule has 3 amide bonds. The molecule has 1 fully saturated rings. The van der Waals surface area contributed by atoms with E-state index in [-0.39, 0.29) is 24.1 Å². The highest BCUT2D eigenvalue weighted by molar-refractivity contribution is 9.10. The van der Waals surface area contributed by atoms with Gasteiger partial charge in [-0.05, 0) is 46.3 Å². The Hall–Kier alpha value is -2.38. The molecule has 1 unspecified atom stereocenters. The van der Waals surface area contributed by atoms with Gasteiger partial charge in [0.15, 0.2) is 0 Å². The average Bonchev–Trinajstić information content (AvgIpc) is 2.99. The van der Waals surface area contributed by atoms with Gasteiger partial charge in [-0.1, -0.05) is 23.7 Å². The van der Waals surface area contributed by atoms with E-state index in [0.29, 0.717) is 22.9 Å². The SMILES string of the molecule is CC(=O)Nc1ccc(NC(=O)C2CC(=O)N(c3ccccc3Br)C2)c(Cl)c1. The van der Waals surface area contributed by atoms with Crippen LogP contribution in [0.1, 0.15) is 13.3 Å². The van der Waals surface area contributed by atoms with E-state index < -0.39 is 5.92 Å². The quantitative estimate of drug-likeness (QED) is 0.737. The summed E-state index contributed by atoms with van der Waals surface area (Å²) in [5.41, 5.74) is 1.72. The Morgan fingerprint density at radius 3 is 2.59 bits per heavy atom. The van der Waals surface area contributed by atoms with Crippen LogP contribution in [0.15, 0.2) is 46.9 Å². The summed E-state index contributed by atoms with van der Waals surface area (Å²) in [5, 5.41) is 5.70. The lowest BCUT2D eigenvalue weighted by molar-refractivity contribution is -0.122. The van der Waals surface area contributed by atoms with Gasteiger partial charge in [0.2, 0.25) is 17.7 Å². The van der Waals surface area contributed by atoms with Crippen molar-refractivity contribution in [1.82, 2.24) is 0 Å². The Morgan fingerprint density at radius 1 is 1.19 bits per heavy atom. The summed E-state index contributed by atoms with van der Waals surface area (Å²) in [6.07, 6.45) is 0.134. The first-order valence-corrected chi connectivity index (χ1v) is 9.45. The molecule has 2 aromatic rings. The van der Waals surface area contributed by atoms with Crippen LogP contribution in [-0.2, 0) is 14.4 Å². The predicted octanol–water partition coefficient (Wildman–Crippen LogP) is 4.05. The number of para-hydroxylation sites is 1. The molecule has 1 aliphatic heterocycles. The molecular formula is C19H17BrClN3O3. The second-order valence-corrected chi connectivity index (χ2v) is 7.48. The highest BCUT2D eigenvalue weighted by Crippen LogP contribution is 2.32. The maximum atomic E-state index is 12.6. The second-order valence-electron chi connectivity index (χ2n) is 6.22. The Morgan fingerprint density at radius 2 is 1.93 bits per heavy atom. The molecule has 0 aromatic heterocycles. The molecule has 0 aliphatic carbocycles. The summed E-state index contributed by atoms with van der Waals surface area (Å²) in [4.78, 5) is 37.7. The molecule has 1 aliphatic rings. The standard InChI is InChI=1S/C19H17BrClN3O3/c1-11(25)22-13-6-7-16(15(21)9-13)23-19(27)12-8-18(26)24(10-12)17-5-3-2-4-14(17)20/h2-7,9,12H,8,10H2,1H3,(H,22,25)(H,23,27). The van der Waals surface area contributed by atoms with Crippen LogP contribution >= 0.6 is 27.5 Å². The van der Waals surface area contributed by atoms with Crippen LogP contribution in [0, 0.1) is 5.92 Å². The summed E-state index contributed by atoms with van der Waals surface area (Å²) >= 11 is 9.62. The zero-order chi connectivity index (χ0) is 19.6. The average molecular weight is 451 g/mol. The summed E-state index contributed by atoms with van der Waals surface area (Å²) in [7, 11) is 0. The van der Waals surface area contributed by atoms with Gasteiger partial charge in [0.25, 0.3) is 0 Å². The molecule has 0 radical (unpaired) electrons. The fourth-order valence-electron chi connectivity index (χ4n) is 2.92. The van der Waals surface area contributed by atoms with Crippen molar-refractivity contribution < 1.29 is 14.4 Å². The largest absolute Gasteiger partial charge is 0.326 e. The molecular weight excluding hydrogens is 434 g/mol. The van der Waals surface area contributed by atoms with Crippen LogP contribution in [0.4, 0.5) is 17.1 Å². The van der Waals surface area contributed by atoms with Gasteiger partial charge in [0.1, 0.15) is 0 Å². The van der Waals surface area contributed by atoms with Gasteiger partial charge in [-0.3, -0.25) is 14.4 Å². The molecule has 6 nitrogen and oxygen atoms in total. The number of carbonyl (C=O) groups excluding carboxylic acids is 3. The van der Waals surface area contributed by atoms with E-state index in [2.05, 4.69) is 26.6 Å². The van der Waals surface area contributed by atoms with Crippen molar-refractivity contribution in [2.75, 3.05) is 22.1 Å². The van der Waals surface area contributed by atoms with Crippen LogP contribution in [-0.4, -0.2) is 24.3 Å². The third kappa shape index (κ3) is 4.48. The summed E-state index contributed by atoms with van der Waals surface area (Å²) < 4.78 is 0.802. The van der Waals surface area contributed by atoms with Crippen molar-refractivity contribution >= 4 is 62.3 Å². The number of amides is 3. The number of rotatable bonds is 4. The van der Waals surface area contributed by atoms with Gasteiger partial charge < -0.3 is 15.5 Å². The molecule has 0 saturated carbocycles. The van der Waals surface area contributed by atoms with Gasteiger partial charge in [-0.15, -0.1) is 0 Å². The number of anilines is 3. The van der Waals surface area contributed by atoms with Crippen molar-refractivity contribution in [2.24, 2.45) is 5.92 Å². The number of halogens is 2. The molecule has 2 N–H and O–H groups in total. The van der Waals surface area contributed by atoms with E-state index in [0.717, 1.165) is 10.2 Å². The Bertz CT molecular complexity index is 919. The molecule has 8 heteroatoms. The number of carbonyl (C=O) groups is 3. The van der Waals surface area contributed by atoms with Crippen molar-refractivity contribution in [3.63, 3.8) is 0 Å². The normalized spacial score (nSPS) is 16.3. The zero-order valence-corrected chi connectivity index (χ0v) is 16.8. The molecule has 1 heterocycles. The number of nitrogens with zero attached hydrogens (tertiary/aromatic N) is 1. The lowest BCUT2D eigenvalue weighted by Crippen LogP contribution is -2.28. The fourth-order valence-corrected chi connectivity index (χ4v) is 3.65. The van der Waals surface area contributed by atoms with E-state index in [1.54, 1.807) is 23.1 Å². The first-order valence-electron chi connectivity index (χ1n) is 8.28. The summed E-state index contributed by atoms with van der Waals surface area (Å²) in [6.45, 7) is 1.70. The molecule has 1 saturated heterocycles. The summed E-state index contributed by atoms with van der Waals surface area (Å²) in [5.74, 6) is -1.06. The minimum atomic E-state index is -0.476. The third-order valence-corrected chi connectivity index (χ3v) is 5.17. The first kappa shape index (κ1) is 19.4. The Kier molecular flexibility index (Phi) is 5.82. The Labute approximate surface area is 170 Å². The molecule has 2 aromatic carbocycles. The molecule has 1 atom stereocenters. The monoisotopic (exact) mass is 449 g/mol.